The number of carboxylic acid groups (broad SMARTS) is 1. The van der Waals surface area contributed by atoms with E-state index in [1.54, 1.807) is 6.33 Å². The Morgan fingerprint density at radius 3 is 2.83 bits per heavy atom. The number of hydrogen-bond acceptors (Lipinski definition) is 7. The van der Waals surface area contributed by atoms with Gasteiger partial charge >= 0.3 is 6.09 Å². The summed E-state index contributed by atoms with van der Waals surface area (Å²) in [6.45, 7) is 4.15. The Bertz CT molecular complexity index is 1550. The van der Waals surface area contributed by atoms with Crippen LogP contribution in [0.3, 0.4) is 0 Å². The molecule has 6 rings (SSSR count). The number of nitrogens with one attached hydrogen (secondary N) is 2. The largest absolute Gasteiger partial charge is 0.493 e. The van der Waals surface area contributed by atoms with Crippen molar-refractivity contribution in [3.8, 4) is 17.0 Å². The maximum Gasteiger partial charge on any atom is 0.404 e. The van der Waals surface area contributed by atoms with Gasteiger partial charge in [-0.2, -0.15) is 0 Å². The normalized spacial score (nSPS) is 20.9. The maximum absolute atomic E-state index is 14.2. The van der Waals surface area contributed by atoms with E-state index in [0.29, 0.717) is 55.6 Å². The highest BCUT2D eigenvalue weighted by Crippen LogP contribution is 2.35. The Morgan fingerprint density at radius 2 is 2.00 bits per heavy atom. The van der Waals surface area contributed by atoms with Gasteiger partial charge in [0, 0.05) is 50.7 Å². The zero-order valence-corrected chi connectivity index (χ0v) is 23.7. The SMILES string of the molecule is Cc1nc2ccc(OCC[C@@H]3CNCCN3C(=O)c3ncn([C@H]4CCCC[C@@H]4NC(=O)O)c3-c3ccccc3)cc2o1. The first-order valence-corrected chi connectivity index (χ1v) is 14.6. The van der Waals surface area contributed by atoms with Crippen LogP contribution in [-0.4, -0.2) is 74.9 Å². The van der Waals surface area contributed by atoms with Gasteiger partial charge in [-0.1, -0.05) is 43.2 Å². The van der Waals surface area contributed by atoms with Crippen LogP contribution in [0.2, 0.25) is 0 Å². The molecule has 2 aromatic carbocycles. The van der Waals surface area contributed by atoms with Crippen molar-refractivity contribution < 1.29 is 23.8 Å². The van der Waals surface area contributed by atoms with Gasteiger partial charge in [0.2, 0.25) is 0 Å². The molecule has 1 saturated heterocycles. The molecule has 3 N–H and O–H groups in total. The number of amides is 2. The minimum absolute atomic E-state index is 0.0765. The molecule has 2 fully saturated rings. The summed E-state index contributed by atoms with van der Waals surface area (Å²) in [4.78, 5) is 36.7. The number of hydrogen-bond donors (Lipinski definition) is 3. The number of rotatable bonds is 8. The predicted octanol–water partition coefficient (Wildman–Crippen LogP) is 4.63. The number of carbonyl (C=O) groups excluding carboxylic acids is 1. The zero-order valence-electron chi connectivity index (χ0n) is 23.7. The molecule has 0 spiro atoms. The van der Waals surface area contributed by atoms with Crippen molar-refractivity contribution in [3.05, 3.63) is 66.4 Å². The topological polar surface area (TPSA) is 135 Å². The van der Waals surface area contributed by atoms with Crippen LogP contribution in [-0.2, 0) is 0 Å². The number of aryl methyl sites for hydroxylation is 1. The molecule has 1 saturated carbocycles. The summed E-state index contributed by atoms with van der Waals surface area (Å²) in [6, 6.07) is 14.9. The lowest BCUT2D eigenvalue weighted by Gasteiger charge is -2.36. The third kappa shape index (κ3) is 5.82. The number of benzene rings is 2. The fraction of sp³-hybridized carbons (Fsp3) is 0.419. The van der Waals surface area contributed by atoms with Gasteiger partial charge in [0.15, 0.2) is 17.2 Å². The van der Waals surface area contributed by atoms with Gasteiger partial charge in [-0.15, -0.1) is 0 Å². The summed E-state index contributed by atoms with van der Waals surface area (Å²) in [5, 5.41) is 15.6. The lowest BCUT2D eigenvalue weighted by molar-refractivity contribution is 0.0601. The number of piperazine rings is 1. The second kappa shape index (κ2) is 12.2. The third-order valence-electron chi connectivity index (χ3n) is 8.24. The number of aromatic nitrogens is 3. The van der Waals surface area contributed by atoms with Gasteiger partial charge in [-0.3, -0.25) is 4.79 Å². The molecule has 2 aromatic heterocycles. The predicted molar refractivity (Wildman–Crippen MR) is 157 cm³/mol. The average Bonchev–Trinajstić information content (AvgIpc) is 3.60. The molecule has 0 radical (unpaired) electrons. The van der Waals surface area contributed by atoms with E-state index in [0.717, 1.165) is 42.5 Å². The highest BCUT2D eigenvalue weighted by atomic mass is 16.5. The first kappa shape index (κ1) is 27.8. The minimum Gasteiger partial charge on any atom is -0.493 e. The molecule has 0 bridgehead atoms. The molecule has 3 atom stereocenters. The first-order valence-electron chi connectivity index (χ1n) is 14.6. The molecular formula is C31H36N6O5. The van der Waals surface area contributed by atoms with Gasteiger partial charge in [-0.05, 0) is 25.0 Å². The van der Waals surface area contributed by atoms with Crippen LogP contribution >= 0.6 is 0 Å². The molecule has 2 aliphatic rings. The van der Waals surface area contributed by atoms with E-state index in [2.05, 4.69) is 20.6 Å². The van der Waals surface area contributed by atoms with E-state index in [1.165, 1.54) is 0 Å². The summed E-state index contributed by atoms with van der Waals surface area (Å²) in [5.74, 6) is 1.18. The van der Waals surface area contributed by atoms with E-state index in [1.807, 2.05) is 64.9 Å². The van der Waals surface area contributed by atoms with Gasteiger partial charge in [0.25, 0.3) is 5.91 Å². The summed E-state index contributed by atoms with van der Waals surface area (Å²) < 4.78 is 13.7. The highest BCUT2D eigenvalue weighted by molar-refractivity contribution is 5.98. The first-order chi connectivity index (χ1) is 20.5. The molecule has 42 heavy (non-hydrogen) atoms. The highest BCUT2D eigenvalue weighted by Gasteiger charge is 2.35. The fourth-order valence-electron chi connectivity index (χ4n) is 6.27. The second-order valence-corrected chi connectivity index (χ2v) is 11.0. The summed E-state index contributed by atoms with van der Waals surface area (Å²) in [7, 11) is 0. The molecule has 1 aliphatic carbocycles. The molecule has 4 aromatic rings. The monoisotopic (exact) mass is 572 g/mol. The molecule has 2 amide bonds. The molecular weight excluding hydrogens is 536 g/mol. The smallest absolute Gasteiger partial charge is 0.404 e. The van der Waals surface area contributed by atoms with Crippen LogP contribution in [0.1, 0.15) is 54.5 Å². The second-order valence-electron chi connectivity index (χ2n) is 11.0. The van der Waals surface area contributed by atoms with Crippen molar-refractivity contribution in [2.24, 2.45) is 0 Å². The van der Waals surface area contributed by atoms with Crippen LogP contribution in [0.25, 0.3) is 22.4 Å². The zero-order chi connectivity index (χ0) is 29.1. The molecule has 220 valence electrons. The standard InChI is InChI=1S/C31H36N6O5/c1-20-34-25-12-11-23(17-27(25)42-20)41-16-13-22-18-32-14-15-36(22)30(38)28-29(21-7-3-2-4-8-21)37(19-33-28)26-10-6-5-9-24(26)35-31(39)40/h2-4,7-8,11-12,17,19,22,24,26,32,35H,5-6,9-10,13-16,18H2,1H3,(H,39,40)/t22-,24+,26+/m1/s1. The van der Waals surface area contributed by atoms with Crippen molar-refractivity contribution in [3.63, 3.8) is 0 Å². The van der Waals surface area contributed by atoms with Crippen molar-refractivity contribution >= 4 is 23.1 Å². The van der Waals surface area contributed by atoms with E-state index in [4.69, 9.17) is 9.15 Å². The van der Waals surface area contributed by atoms with Crippen molar-refractivity contribution in [1.82, 2.24) is 30.1 Å². The van der Waals surface area contributed by atoms with Crippen LogP contribution in [0.5, 0.6) is 5.75 Å². The number of fused-ring (bicyclic) bond motifs is 1. The van der Waals surface area contributed by atoms with Gasteiger partial charge < -0.3 is 34.4 Å². The van der Waals surface area contributed by atoms with Crippen molar-refractivity contribution in [1.29, 1.82) is 0 Å². The van der Waals surface area contributed by atoms with Crippen LogP contribution < -0.4 is 15.4 Å². The fourth-order valence-corrected chi connectivity index (χ4v) is 6.27. The van der Waals surface area contributed by atoms with Crippen LogP contribution in [0.15, 0.2) is 59.3 Å². The molecule has 3 heterocycles. The number of ether oxygens (including phenoxy) is 1. The Hall–Kier alpha value is -4.38. The minimum atomic E-state index is -1.04. The van der Waals surface area contributed by atoms with Crippen LogP contribution in [0.4, 0.5) is 4.79 Å². The third-order valence-corrected chi connectivity index (χ3v) is 8.24. The van der Waals surface area contributed by atoms with Crippen molar-refractivity contribution in [2.75, 3.05) is 26.2 Å². The van der Waals surface area contributed by atoms with Gasteiger partial charge in [0.1, 0.15) is 11.3 Å². The number of nitrogens with zero attached hydrogens (tertiary/aromatic N) is 4. The van der Waals surface area contributed by atoms with E-state index in [-0.39, 0.29) is 24.0 Å². The average molecular weight is 573 g/mol. The lowest BCUT2D eigenvalue weighted by atomic mass is 9.89. The molecule has 0 unspecified atom stereocenters. The number of imidazole rings is 1. The summed E-state index contributed by atoms with van der Waals surface area (Å²) >= 11 is 0. The number of carbonyl (C=O) groups is 2. The summed E-state index contributed by atoms with van der Waals surface area (Å²) in [5.41, 5.74) is 3.48. The maximum atomic E-state index is 14.2. The molecule has 1 aliphatic heterocycles. The van der Waals surface area contributed by atoms with Gasteiger partial charge in [-0.25, -0.2) is 14.8 Å². The Morgan fingerprint density at radius 1 is 1.17 bits per heavy atom. The quantitative estimate of drug-likeness (QED) is 0.278. The molecule has 11 heteroatoms. The van der Waals surface area contributed by atoms with E-state index in [9.17, 15) is 14.7 Å². The van der Waals surface area contributed by atoms with E-state index < -0.39 is 6.09 Å². The summed E-state index contributed by atoms with van der Waals surface area (Å²) in [6.07, 6.45) is 4.81. The van der Waals surface area contributed by atoms with Crippen LogP contribution in [0, 0.1) is 6.92 Å². The Kier molecular flexibility index (Phi) is 8.09. The van der Waals surface area contributed by atoms with E-state index >= 15 is 0 Å². The Balaban J connectivity index is 1.23. The lowest BCUT2D eigenvalue weighted by Crippen LogP contribution is -2.54. The Labute approximate surface area is 243 Å². The van der Waals surface area contributed by atoms with Gasteiger partial charge in [0.05, 0.1) is 30.7 Å². The van der Waals surface area contributed by atoms with Crippen molar-refractivity contribution in [2.45, 2.75) is 57.2 Å². The molecule has 11 nitrogen and oxygen atoms in total. The number of oxazole rings is 1.